The number of carbonyl (C=O) groups excluding carboxylic acids is 1. The summed E-state index contributed by atoms with van der Waals surface area (Å²) in [6.45, 7) is 6.03. The molecule has 0 radical (unpaired) electrons. The molecule has 0 bridgehead atoms. The number of fused-ring (bicyclic) bond motifs is 1. The van der Waals surface area contributed by atoms with Crippen molar-refractivity contribution in [2.45, 2.75) is 20.1 Å². The first-order valence-electron chi connectivity index (χ1n) is 9.60. The molecule has 2 heterocycles. The van der Waals surface area contributed by atoms with Crippen LogP contribution in [0.5, 0.6) is 5.75 Å². The van der Waals surface area contributed by atoms with Gasteiger partial charge in [0, 0.05) is 67.2 Å². The highest BCUT2D eigenvalue weighted by Gasteiger charge is 2.24. The van der Waals surface area contributed by atoms with Crippen molar-refractivity contribution in [1.29, 1.82) is 0 Å². The lowest BCUT2D eigenvalue weighted by molar-refractivity contribution is -0.385. The number of nitro benzene ring substituents is 1. The van der Waals surface area contributed by atoms with Crippen molar-refractivity contribution >= 4 is 17.2 Å². The molecule has 152 valence electrons. The Balaban J connectivity index is 1.44. The number of nitrogens with zero attached hydrogens (tertiary/aromatic N) is 3. The lowest BCUT2D eigenvalue weighted by atomic mass is 10.1. The average molecular weight is 397 g/mol. The first-order chi connectivity index (χ1) is 14.0. The molecule has 2 aromatic rings. The second-order valence-corrected chi connectivity index (χ2v) is 7.33. The number of hydrogen-bond acceptors (Lipinski definition) is 7. The highest BCUT2D eigenvalue weighted by atomic mass is 16.7. The van der Waals surface area contributed by atoms with Gasteiger partial charge in [0.2, 0.25) is 0 Å². The van der Waals surface area contributed by atoms with E-state index in [0.29, 0.717) is 24.5 Å². The molecule has 2 aromatic carbocycles. The molecule has 0 aromatic heterocycles. The van der Waals surface area contributed by atoms with E-state index in [2.05, 4.69) is 9.80 Å². The van der Waals surface area contributed by atoms with Gasteiger partial charge >= 0.3 is 0 Å². The van der Waals surface area contributed by atoms with Crippen LogP contribution in [0.25, 0.3) is 0 Å². The molecule has 1 saturated heterocycles. The van der Waals surface area contributed by atoms with E-state index < -0.39 is 0 Å². The van der Waals surface area contributed by atoms with Crippen molar-refractivity contribution in [3.05, 3.63) is 63.2 Å². The number of non-ortho nitro benzene ring substituents is 1. The fourth-order valence-corrected chi connectivity index (χ4v) is 3.82. The summed E-state index contributed by atoms with van der Waals surface area (Å²) in [7, 11) is 0. The maximum atomic E-state index is 11.4. The average Bonchev–Trinajstić information content (AvgIpc) is 2.74. The third-order valence-electron chi connectivity index (χ3n) is 5.39. The first kappa shape index (κ1) is 19.4. The Morgan fingerprint density at radius 2 is 1.86 bits per heavy atom. The number of rotatable bonds is 5. The van der Waals surface area contributed by atoms with Crippen molar-refractivity contribution in [1.82, 2.24) is 4.90 Å². The molecule has 1 fully saturated rings. The highest BCUT2D eigenvalue weighted by Crippen LogP contribution is 2.33. The number of carbonyl (C=O) groups is 1. The maximum Gasteiger partial charge on any atom is 0.270 e. The molecular weight excluding hydrogens is 374 g/mol. The van der Waals surface area contributed by atoms with Crippen molar-refractivity contribution in [3.8, 4) is 5.75 Å². The first-order valence-corrected chi connectivity index (χ1v) is 9.60. The van der Waals surface area contributed by atoms with E-state index in [1.165, 1.54) is 6.07 Å². The minimum atomic E-state index is -0.374. The number of anilines is 1. The molecule has 4 rings (SSSR count). The summed E-state index contributed by atoms with van der Waals surface area (Å²) < 4.78 is 10.9. The Hall–Kier alpha value is -2.97. The van der Waals surface area contributed by atoms with Gasteiger partial charge in [-0.15, -0.1) is 0 Å². The highest BCUT2D eigenvalue weighted by molar-refractivity contribution is 5.94. The van der Waals surface area contributed by atoms with Crippen molar-refractivity contribution in [2.75, 3.05) is 37.9 Å². The van der Waals surface area contributed by atoms with E-state index in [-0.39, 0.29) is 23.2 Å². The molecular formula is C21H23N3O5. The molecule has 29 heavy (non-hydrogen) atoms. The van der Waals surface area contributed by atoms with Crippen molar-refractivity contribution in [3.63, 3.8) is 0 Å². The van der Waals surface area contributed by atoms with Gasteiger partial charge in [0.15, 0.2) is 12.6 Å². The minimum absolute atomic E-state index is 0.0641. The van der Waals surface area contributed by atoms with Crippen LogP contribution in [0.2, 0.25) is 0 Å². The van der Waals surface area contributed by atoms with E-state index >= 15 is 0 Å². The van der Waals surface area contributed by atoms with Gasteiger partial charge in [-0.1, -0.05) is 0 Å². The van der Waals surface area contributed by atoms with Crippen molar-refractivity contribution < 1.29 is 19.2 Å². The Labute approximate surface area is 168 Å². The monoisotopic (exact) mass is 397 g/mol. The lowest BCUT2D eigenvalue weighted by Gasteiger charge is -2.36. The normalized spacial score (nSPS) is 16.8. The molecule has 0 spiro atoms. The topological polar surface area (TPSA) is 85.2 Å². The van der Waals surface area contributed by atoms with E-state index in [4.69, 9.17) is 9.47 Å². The number of ether oxygens (including phenoxy) is 2. The number of ketones is 1. The summed E-state index contributed by atoms with van der Waals surface area (Å²) in [5, 5.41) is 11.3. The van der Waals surface area contributed by atoms with E-state index in [9.17, 15) is 14.9 Å². The zero-order valence-corrected chi connectivity index (χ0v) is 16.3. The predicted molar refractivity (Wildman–Crippen MR) is 107 cm³/mol. The largest absolute Gasteiger partial charge is 0.467 e. The molecule has 0 N–H and O–H groups in total. The molecule has 8 nitrogen and oxygen atoms in total. The summed E-state index contributed by atoms with van der Waals surface area (Å²) >= 11 is 0. The van der Waals surface area contributed by atoms with Crippen LogP contribution >= 0.6 is 0 Å². The second-order valence-electron chi connectivity index (χ2n) is 7.33. The molecule has 2 aliphatic rings. The summed E-state index contributed by atoms with van der Waals surface area (Å²) in [5.41, 5.74) is 3.44. The molecule has 0 saturated carbocycles. The Morgan fingerprint density at radius 1 is 1.14 bits per heavy atom. The number of Topliss-reactive ketones (excluding diaryl/α,β-unsaturated/α-hetero) is 1. The molecule has 0 unspecified atom stereocenters. The van der Waals surface area contributed by atoms with Gasteiger partial charge in [0.1, 0.15) is 5.75 Å². The summed E-state index contributed by atoms with van der Waals surface area (Å²) in [6.07, 6.45) is 0. The van der Waals surface area contributed by atoms with Crippen molar-refractivity contribution in [2.24, 2.45) is 0 Å². The number of hydrogen-bond donors (Lipinski definition) is 0. The third kappa shape index (κ3) is 4.23. The molecule has 0 aliphatic carbocycles. The van der Waals surface area contributed by atoms with Gasteiger partial charge in [-0.3, -0.25) is 19.8 Å². The van der Waals surface area contributed by atoms with E-state index in [1.807, 2.05) is 24.3 Å². The Morgan fingerprint density at radius 3 is 2.52 bits per heavy atom. The number of benzene rings is 2. The van der Waals surface area contributed by atoms with Crippen LogP contribution in [0.4, 0.5) is 11.4 Å². The molecule has 2 aliphatic heterocycles. The Bertz CT molecular complexity index is 921. The Kier molecular flexibility index (Phi) is 5.46. The van der Waals surface area contributed by atoms with E-state index in [0.717, 1.165) is 43.0 Å². The van der Waals surface area contributed by atoms with Crippen LogP contribution < -0.4 is 9.64 Å². The molecule has 8 heteroatoms. The zero-order chi connectivity index (χ0) is 20.4. The quantitative estimate of drug-likeness (QED) is 0.436. The van der Waals surface area contributed by atoms with Gasteiger partial charge in [0.05, 0.1) is 11.5 Å². The van der Waals surface area contributed by atoms with Crippen LogP contribution in [0, 0.1) is 10.1 Å². The predicted octanol–water partition coefficient (Wildman–Crippen LogP) is 2.99. The van der Waals surface area contributed by atoms with E-state index in [1.54, 1.807) is 13.0 Å². The number of nitro groups is 1. The molecule has 0 atom stereocenters. The fraction of sp³-hybridized carbons (Fsp3) is 0.381. The van der Waals surface area contributed by atoms with Gasteiger partial charge in [-0.2, -0.15) is 0 Å². The standard InChI is InChI=1S/C21H23N3O5/c1-15(25)16-2-4-19(5-3-16)23-8-6-22(7-9-23)12-17-10-20(24(26)27)11-18-13-28-14-29-21(17)18/h2-5,10-11H,6-9,12-14H2,1H3. The summed E-state index contributed by atoms with van der Waals surface area (Å²) in [4.78, 5) is 26.9. The van der Waals surface area contributed by atoms with Gasteiger partial charge < -0.3 is 14.4 Å². The SMILES string of the molecule is CC(=O)c1ccc(N2CCN(Cc3cc([N+](=O)[O-])cc4c3OCOC4)CC2)cc1. The second kappa shape index (κ2) is 8.18. The third-order valence-corrected chi connectivity index (χ3v) is 5.39. The zero-order valence-electron chi connectivity index (χ0n) is 16.3. The summed E-state index contributed by atoms with van der Waals surface area (Å²) in [6, 6.07) is 10.8. The number of piperazine rings is 1. The van der Waals surface area contributed by atoms with Gasteiger partial charge in [0.25, 0.3) is 5.69 Å². The van der Waals surface area contributed by atoms with Crippen LogP contribution in [-0.4, -0.2) is 48.6 Å². The smallest absolute Gasteiger partial charge is 0.270 e. The molecule has 0 amide bonds. The maximum absolute atomic E-state index is 11.4. The van der Waals surface area contributed by atoms with Gasteiger partial charge in [-0.05, 0) is 31.2 Å². The fourth-order valence-electron chi connectivity index (χ4n) is 3.82. The minimum Gasteiger partial charge on any atom is -0.467 e. The van der Waals surface area contributed by atoms with Gasteiger partial charge in [-0.25, -0.2) is 0 Å². The lowest BCUT2D eigenvalue weighted by Crippen LogP contribution is -2.46. The van der Waals surface area contributed by atoms with Crippen LogP contribution in [0.3, 0.4) is 0 Å². The van der Waals surface area contributed by atoms with Crippen LogP contribution in [-0.2, 0) is 17.9 Å². The van der Waals surface area contributed by atoms with Crippen LogP contribution in [0.15, 0.2) is 36.4 Å². The van der Waals surface area contributed by atoms with Crippen LogP contribution in [0.1, 0.15) is 28.4 Å². The summed E-state index contributed by atoms with van der Waals surface area (Å²) in [5.74, 6) is 0.776.